The molecule has 1 saturated heterocycles. The molecular weight excluding hydrogens is 411 g/mol. The van der Waals surface area contributed by atoms with E-state index in [9.17, 15) is 13.2 Å². The van der Waals surface area contributed by atoms with E-state index in [1.54, 1.807) is 18.2 Å². The summed E-state index contributed by atoms with van der Waals surface area (Å²) in [6.07, 6.45) is -3.78. The Balaban J connectivity index is 1.99. The van der Waals surface area contributed by atoms with Gasteiger partial charge in [0.2, 0.25) is 0 Å². The van der Waals surface area contributed by atoms with Gasteiger partial charge in [-0.1, -0.05) is 42.0 Å². The Morgan fingerprint density at radius 1 is 1.30 bits per heavy atom. The summed E-state index contributed by atoms with van der Waals surface area (Å²) in [7, 11) is 0. The molecule has 3 nitrogen and oxygen atoms in total. The molecule has 0 saturated carbocycles. The van der Waals surface area contributed by atoms with Crippen LogP contribution in [0.2, 0.25) is 5.02 Å². The maximum atomic E-state index is 13.5. The molecule has 0 unspecified atom stereocenters. The second-order valence-electron chi connectivity index (χ2n) is 7.69. The number of hydrogen-bond acceptors (Lipinski definition) is 3. The normalized spacial score (nSPS) is 17.0. The Morgan fingerprint density at radius 3 is 2.67 bits per heavy atom. The molecule has 1 aliphatic heterocycles. The van der Waals surface area contributed by atoms with Crippen LogP contribution in [0.1, 0.15) is 30.0 Å². The summed E-state index contributed by atoms with van der Waals surface area (Å²) in [5.74, 6) is 0. The van der Waals surface area contributed by atoms with Gasteiger partial charge < -0.3 is 4.90 Å². The van der Waals surface area contributed by atoms with Crippen LogP contribution in [0.3, 0.4) is 0 Å². The molecule has 7 heteroatoms. The second-order valence-corrected chi connectivity index (χ2v) is 8.10. The third-order valence-electron chi connectivity index (χ3n) is 5.24. The van der Waals surface area contributed by atoms with Crippen LogP contribution < -0.4 is 4.90 Å². The van der Waals surface area contributed by atoms with Crippen LogP contribution in [0.5, 0.6) is 0 Å². The topological polar surface area (TPSA) is 30.3 Å². The molecule has 0 aliphatic carbocycles. The SMILES string of the molecule is C=C(C)CN1CC[C@H](N(Cc2ccccc2Cl)c2ccc(C#N)c(C(F)(F)F)c2)C1. The van der Waals surface area contributed by atoms with Crippen molar-refractivity contribution in [3.05, 3.63) is 76.3 Å². The van der Waals surface area contributed by atoms with Crippen molar-refractivity contribution in [2.24, 2.45) is 0 Å². The minimum Gasteiger partial charge on any atom is -0.363 e. The fourth-order valence-electron chi connectivity index (χ4n) is 3.88. The van der Waals surface area contributed by atoms with Gasteiger partial charge in [-0.25, -0.2) is 0 Å². The third-order valence-corrected chi connectivity index (χ3v) is 5.61. The predicted molar refractivity (Wildman–Crippen MR) is 113 cm³/mol. The Labute approximate surface area is 180 Å². The van der Waals surface area contributed by atoms with E-state index in [1.165, 1.54) is 6.07 Å². The summed E-state index contributed by atoms with van der Waals surface area (Å²) in [5.41, 5.74) is 1.03. The number of alkyl halides is 3. The van der Waals surface area contributed by atoms with Gasteiger partial charge in [0, 0.05) is 42.9 Å². The molecule has 0 radical (unpaired) electrons. The Hall–Kier alpha value is -2.49. The van der Waals surface area contributed by atoms with Gasteiger partial charge in [0.1, 0.15) is 0 Å². The largest absolute Gasteiger partial charge is 0.417 e. The van der Waals surface area contributed by atoms with Crippen LogP contribution in [0.4, 0.5) is 18.9 Å². The number of likely N-dealkylation sites (tertiary alicyclic amines) is 1. The molecule has 0 bridgehead atoms. The molecule has 1 fully saturated rings. The summed E-state index contributed by atoms with van der Waals surface area (Å²) < 4.78 is 40.6. The number of anilines is 1. The smallest absolute Gasteiger partial charge is 0.363 e. The highest BCUT2D eigenvalue weighted by atomic mass is 35.5. The van der Waals surface area contributed by atoms with Gasteiger partial charge >= 0.3 is 6.18 Å². The van der Waals surface area contributed by atoms with Gasteiger partial charge in [-0.3, -0.25) is 4.90 Å². The van der Waals surface area contributed by atoms with Gasteiger partial charge in [0.15, 0.2) is 0 Å². The molecule has 3 rings (SSSR count). The summed E-state index contributed by atoms with van der Waals surface area (Å²) in [5, 5.41) is 9.69. The zero-order valence-electron chi connectivity index (χ0n) is 16.7. The monoisotopic (exact) mass is 433 g/mol. The molecular formula is C23H23ClF3N3. The van der Waals surface area contributed by atoms with E-state index < -0.39 is 11.7 Å². The maximum Gasteiger partial charge on any atom is 0.417 e. The van der Waals surface area contributed by atoms with E-state index in [-0.39, 0.29) is 11.6 Å². The lowest BCUT2D eigenvalue weighted by Gasteiger charge is -2.32. The number of hydrogen-bond donors (Lipinski definition) is 0. The first-order valence-electron chi connectivity index (χ1n) is 9.67. The minimum absolute atomic E-state index is 0.0228. The van der Waals surface area contributed by atoms with Crippen LogP contribution in [0, 0.1) is 11.3 Å². The molecule has 1 heterocycles. The molecule has 30 heavy (non-hydrogen) atoms. The van der Waals surface area contributed by atoms with Crippen molar-refractivity contribution in [1.82, 2.24) is 4.90 Å². The van der Waals surface area contributed by atoms with E-state index in [1.807, 2.05) is 30.0 Å². The highest BCUT2D eigenvalue weighted by Crippen LogP contribution is 2.36. The highest BCUT2D eigenvalue weighted by molar-refractivity contribution is 6.31. The lowest BCUT2D eigenvalue weighted by molar-refractivity contribution is -0.137. The predicted octanol–water partition coefficient (Wildman–Crippen LogP) is 5.89. The fraction of sp³-hybridized carbons (Fsp3) is 0.348. The first-order chi connectivity index (χ1) is 14.2. The Morgan fingerprint density at radius 2 is 2.03 bits per heavy atom. The maximum absolute atomic E-state index is 13.5. The van der Waals surface area contributed by atoms with Gasteiger partial charge in [-0.15, -0.1) is 0 Å². The molecule has 2 aromatic rings. The van der Waals surface area contributed by atoms with Gasteiger partial charge in [0.25, 0.3) is 0 Å². The summed E-state index contributed by atoms with van der Waals surface area (Å²) >= 11 is 6.34. The number of halogens is 4. The van der Waals surface area contributed by atoms with Crippen LogP contribution in [0.15, 0.2) is 54.6 Å². The van der Waals surface area contributed by atoms with Crippen molar-refractivity contribution in [2.75, 3.05) is 24.5 Å². The van der Waals surface area contributed by atoms with Crippen molar-refractivity contribution >= 4 is 17.3 Å². The summed E-state index contributed by atoms with van der Waals surface area (Å²) in [6, 6.07) is 12.9. The molecule has 1 atom stereocenters. The molecule has 2 aromatic carbocycles. The van der Waals surface area contributed by atoms with Crippen molar-refractivity contribution < 1.29 is 13.2 Å². The van der Waals surface area contributed by atoms with E-state index in [4.69, 9.17) is 16.9 Å². The van der Waals surface area contributed by atoms with Crippen molar-refractivity contribution in [1.29, 1.82) is 5.26 Å². The number of nitriles is 1. The average Bonchev–Trinajstić information content (AvgIpc) is 3.13. The number of benzene rings is 2. The molecule has 0 amide bonds. The van der Waals surface area contributed by atoms with Crippen LogP contribution in [-0.2, 0) is 12.7 Å². The number of rotatable bonds is 6. The third kappa shape index (κ3) is 5.16. The molecule has 0 spiro atoms. The molecule has 0 aromatic heterocycles. The molecule has 1 aliphatic rings. The summed E-state index contributed by atoms with van der Waals surface area (Å²) in [4.78, 5) is 4.22. The first-order valence-corrected chi connectivity index (χ1v) is 10.0. The zero-order chi connectivity index (χ0) is 21.9. The standard InChI is InChI=1S/C23H23ClF3N3/c1-16(2)13-29-10-9-20(15-29)30(14-18-5-3-4-6-22(18)24)19-8-7-17(12-28)21(11-19)23(25,26)27/h3-8,11,20H,1,9-10,13-15H2,2H3/t20-/m0/s1. The number of nitrogens with zero attached hydrogens (tertiary/aromatic N) is 3. The Bertz CT molecular complexity index is 965. The van der Waals surface area contributed by atoms with Gasteiger partial charge in [0.05, 0.1) is 17.2 Å². The van der Waals surface area contributed by atoms with Crippen molar-refractivity contribution in [2.45, 2.75) is 32.1 Å². The first kappa shape index (κ1) is 22.2. The van der Waals surface area contributed by atoms with Gasteiger partial charge in [-0.05, 0) is 43.2 Å². The van der Waals surface area contributed by atoms with E-state index in [0.29, 0.717) is 17.3 Å². The molecule has 0 N–H and O–H groups in total. The van der Waals surface area contributed by atoms with Crippen LogP contribution in [0.25, 0.3) is 0 Å². The average molecular weight is 434 g/mol. The fourth-order valence-corrected chi connectivity index (χ4v) is 4.07. The molecule has 158 valence electrons. The quantitative estimate of drug-likeness (QED) is 0.532. The van der Waals surface area contributed by atoms with E-state index >= 15 is 0 Å². The van der Waals surface area contributed by atoms with Crippen LogP contribution in [-0.4, -0.2) is 30.6 Å². The lowest BCUT2D eigenvalue weighted by atomic mass is 10.0. The van der Waals surface area contributed by atoms with Crippen molar-refractivity contribution in [3.8, 4) is 6.07 Å². The highest BCUT2D eigenvalue weighted by Gasteiger charge is 2.35. The van der Waals surface area contributed by atoms with Gasteiger partial charge in [-0.2, -0.15) is 18.4 Å². The van der Waals surface area contributed by atoms with Crippen molar-refractivity contribution in [3.63, 3.8) is 0 Å². The summed E-state index contributed by atoms with van der Waals surface area (Å²) in [6.45, 7) is 8.63. The zero-order valence-corrected chi connectivity index (χ0v) is 17.5. The van der Waals surface area contributed by atoms with E-state index in [0.717, 1.165) is 43.3 Å². The Kier molecular flexibility index (Phi) is 6.74. The lowest BCUT2D eigenvalue weighted by Crippen LogP contribution is -2.37. The minimum atomic E-state index is -4.60. The second kappa shape index (κ2) is 9.11. The van der Waals surface area contributed by atoms with E-state index in [2.05, 4.69) is 11.5 Å². The van der Waals surface area contributed by atoms with Crippen LogP contribution >= 0.6 is 11.6 Å².